The first-order valence-corrected chi connectivity index (χ1v) is 6.26. The first-order chi connectivity index (χ1) is 7.78. The summed E-state index contributed by atoms with van der Waals surface area (Å²) in [6, 6.07) is 4.07. The maximum absolute atomic E-state index is 9.89. The Balaban J connectivity index is 2.35. The van der Waals surface area contributed by atoms with Crippen molar-refractivity contribution in [3.05, 3.63) is 23.7 Å². The van der Waals surface area contributed by atoms with E-state index in [0.29, 0.717) is 6.54 Å². The zero-order valence-electron chi connectivity index (χ0n) is 11.6. The van der Waals surface area contributed by atoms with Crippen LogP contribution in [0.2, 0.25) is 0 Å². The highest BCUT2D eigenvalue weighted by molar-refractivity contribution is 5.08. The van der Waals surface area contributed by atoms with Crippen molar-refractivity contribution in [3.8, 4) is 0 Å². The molecular formula is C14H25NO2. The van der Waals surface area contributed by atoms with Crippen molar-refractivity contribution >= 4 is 0 Å². The molecule has 0 aliphatic carbocycles. The number of aliphatic hydroxyl groups excluding tert-OH is 1. The number of aliphatic hydroxyl groups is 1. The molecule has 0 aliphatic heterocycles. The Hall–Kier alpha value is -0.800. The largest absolute Gasteiger partial charge is 0.465 e. The van der Waals surface area contributed by atoms with Crippen LogP contribution in [0.3, 0.4) is 0 Å². The van der Waals surface area contributed by atoms with Crippen molar-refractivity contribution in [2.75, 3.05) is 6.54 Å². The molecule has 0 saturated heterocycles. The summed E-state index contributed by atoms with van der Waals surface area (Å²) in [4.78, 5) is 0. The fraction of sp³-hybridized carbons (Fsp3) is 0.714. The molecule has 3 nitrogen and oxygen atoms in total. The van der Waals surface area contributed by atoms with E-state index in [-0.39, 0.29) is 17.6 Å². The molecule has 1 heterocycles. The van der Waals surface area contributed by atoms with Crippen molar-refractivity contribution in [1.29, 1.82) is 0 Å². The smallest absolute Gasteiger partial charge is 0.120 e. The predicted molar refractivity (Wildman–Crippen MR) is 69.9 cm³/mol. The van der Waals surface area contributed by atoms with E-state index < -0.39 is 0 Å². The molecular weight excluding hydrogens is 214 g/mol. The van der Waals surface area contributed by atoms with E-state index in [2.05, 4.69) is 26.1 Å². The van der Waals surface area contributed by atoms with E-state index in [0.717, 1.165) is 17.9 Å². The van der Waals surface area contributed by atoms with E-state index in [1.807, 2.05) is 26.0 Å². The van der Waals surface area contributed by atoms with Gasteiger partial charge in [0.05, 0.1) is 12.1 Å². The number of hydrogen-bond donors (Lipinski definition) is 2. The van der Waals surface area contributed by atoms with Gasteiger partial charge in [0.25, 0.3) is 0 Å². The Bertz CT molecular complexity index is 338. The quantitative estimate of drug-likeness (QED) is 0.830. The first kappa shape index (κ1) is 14.3. The van der Waals surface area contributed by atoms with Crippen LogP contribution in [0.4, 0.5) is 0 Å². The van der Waals surface area contributed by atoms with Crippen molar-refractivity contribution in [2.45, 2.75) is 53.2 Å². The van der Waals surface area contributed by atoms with Crippen LogP contribution in [-0.2, 0) is 0 Å². The van der Waals surface area contributed by atoms with Gasteiger partial charge in [-0.25, -0.2) is 0 Å². The molecule has 0 fully saturated rings. The summed E-state index contributed by atoms with van der Waals surface area (Å²) in [5, 5.41) is 13.2. The summed E-state index contributed by atoms with van der Waals surface area (Å²) < 4.78 is 5.53. The van der Waals surface area contributed by atoms with Gasteiger partial charge in [-0.05, 0) is 37.8 Å². The van der Waals surface area contributed by atoms with Gasteiger partial charge in [-0.15, -0.1) is 0 Å². The Morgan fingerprint density at radius 1 is 1.35 bits per heavy atom. The third-order valence-electron chi connectivity index (χ3n) is 2.70. The van der Waals surface area contributed by atoms with Gasteiger partial charge in [0.1, 0.15) is 11.5 Å². The number of nitrogens with one attached hydrogen (secondary N) is 1. The van der Waals surface area contributed by atoms with E-state index >= 15 is 0 Å². The van der Waals surface area contributed by atoms with Crippen LogP contribution < -0.4 is 5.32 Å². The van der Waals surface area contributed by atoms with E-state index in [4.69, 9.17) is 4.42 Å². The number of aryl methyl sites for hydroxylation is 1. The van der Waals surface area contributed by atoms with Gasteiger partial charge >= 0.3 is 0 Å². The highest BCUT2D eigenvalue weighted by Crippen LogP contribution is 2.21. The zero-order chi connectivity index (χ0) is 13.1. The molecule has 0 saturated carbocycles. The van der Waals surface area contributed by atoms with Crippen LogP contribution in [0.25, 0.3) is 0 Å². The van der Waals surface area contributed by atoms with Crippen LogP contribution in [0.5, 0.6) is 0 Å². The topological polar surface area (TPSA) is 45.4 Å². The molecule has 0 radical (unpaired) electrons. The monoisotopic (exact) mass is 239 g/mol. The molecule has 17 heavy (non-hydrogen) atoms. The molecule has 2 atom stereocenters. The number of rotatable bonds is 5. The predicted octanol–water partition coefficient (Wildman–Crippen LogP) is 3.04. The lowest BCUT2D eigenvalue weighted by molar-refractivity contribution is 0.116. The fourth-order valence-electron chi connectivity index (χ4n) is 1.88. The molecule has 3 heteroatoms. The Morgan fingerprint density at radius 3 is 2.47 bits per heavy atom. The minimum Gasteiger partial charge on any atom is -0.465 e. The van der Waals surface area contributed by atoms with Gasteiger partial charge in [-0.3, -0.25) is 0 Å². The standard InChI is InChI=1S/C14H25NO2/c1-10-6-7-13(17-10)11(2)15-9-12(16)8-14(3,4)5/h6-7,11-12,15-16H,8-9H2,1-5H3. The third kappa shape index (κ3) is 5.37. The third-order valence-corrected chi connectivity index (χ3v) is 2.70. The lowest BCUT2D eigenvalue weighted by Crippen LogP contribution is -2.31. The first-order valence-electron chi connectivity index (χ1n) is 6.26. The summed E-state index contributed by atoms with van der Waals surface area (Å²) >= 11 is 0. The van der Waals surface area contributed by atoms with Gasteiger partial charge in [-0.2, -0.15) is 0 Å². The number of furan rings is 1. The summed E-state index contributed by atoms with van der Waals surface area (Å²) in [6.07, 6.45) is 0.484. The maximum Gasteiger partial charge on any atom is 0.120 e. The normalized spacial score (nSPS) is 15.9. The second-order valence-electron chi connectivity index (χ2n) is 6.00. The van der Waals surface area contributed by atoms with Gasteiger partial charge in [-0.1, -0.05) is 20.8 Å². The SMILES string of the molecule is Cc1ccc(C(C)NCC(O)CC(C)(C)C)o1. The second kappa shape index (κ2) is 5.69. The minimum absolute atomic E-state index is 0.137. The van der Waals surface area contributed by atoms with Crippen LogP contribution in [-0.4, -0.2) is 17.8 Å². The van der Waals surface area contributed by atoms with Gasteiger partial charge in [0, 0.05) is 6.54 Å². The highest BCUT2D eigenvalue weighted by Gasteiger charge is 2.17. The highest BCUT2D eigenvalue weighted by atomic mass is 16.3. The fourth-order valence-corrected chi connectivity index (χ4v) is 1.88. The summed E-state index contributed by atoms with van der Waals surface area (Å²) in [5.74, 6) is 1.84. The average molecular weight is 239 g/mol. The van der Waals surface area contributed by atoms with Crippen LogP contribution in [0.1, 0.15) is 51.7 Å². The lowest BCUT2D eigenvalue weighted by atomic mass is 9.89. The van der Waals surface area contributed by atoms with Gasteiger partial charge < -0.3 is 14.8 Å². The second-order valence-corrected chi connectivity index (χ2v) is 6.00. The number of hydrogen-bond acceptors (Lipinski definition) is 3. The molecule has 1 aromatic rings. The summed E-state index contributed by atoms with van der Waals surface area (Å²) in [7, 11) is 0. The zero-order valence-corrected chi connectivity index (χ0v) is 11.6. The minimum atomic E-state index is -0.312. The summed E-state index contributed by atoms with van der Waals surface area (Å²) in [6.45, 7) is 11.0. The molecule has 0 bridgehead atoms. The maximum atomic E-state index is 9.89. The molecule has 0 spiro atoms. The van der Waals surface area contributed by atoms with Crippen molar-refractivity contribution < 1.29 is 9.52 Å². The van der Waals surface area contributed by atoms with Gasteiger partial charge in [0.2, 0.25) is 0 Å². The lowest BCUT2D eigenvalue weighted by Gasteiger charge is -2.23. The molecule has 0 aliphatic rings. The summed E-state index contributed by atoms with van der Waals surface area (Å²) in [5.41, 5.74) is 0.158. The molecule has 0 amide bonds. The molecule has 1 rings (SSSR count). The van der Waals surface area contributed by atoms with Gasteiger partial charge in [0.15, 0.2) is 0 Å². The molecule has 0 aromatic carbocycles. The van der Waals surface area contributed by atoms with Crippen LogP contribution >= 0.6 is 0 Å². The van der Waals surface area contributed by atoms with E-state index in [9.17, 15) is 5.11 Å². The van der Waals surface area contributed by atoms with Crippen molar-refractivity contribution in [2.24, 2.45) is 5.41 Å². The van der Waals surface area contributed by atoms with E-state index in [1.165, 1.54) is 0 Å². The average Bonchev–Trinajstić information content (AvgIpc) is 2.58. The van der Waals surface area contributed by atoms with Crippen molar-refractivity contribution in [1.82, 2.24) is 5.32 Å². The molecule has 98 valence electrons. The van der Waals surface area contributed by atoms with Crippen LogP contribution in [0.15, 0.2) is 16.5 Å². The Kier molecular flexibility index (Phi) is 4.78. The van der Waals surface area contributed by atoms with E-state index in [1.54, 1.807) is 0 Å². The molecule has 1 aromatic heterocycles. The Labute approximate surface area is 104 Å². The van der Waals surface area contributed by atoms with Crippen LogP contribution in [0, 0.1) is 12.3 Å². The Morgan fingerprint density at radius 2 is 2.00 bits per heavy atom. The van der Waals surface area contributed by atoms with Crippen molar-refractivity contribution in [3.63, 3.8) is 0 Å². The molecule has 2 N–H and O–H groups in total. The molecule has 2 unspecified atom stereocenters.